The summed E-state index contributed by atoms with van der Waals surface area (Å²) in [6, 6.07) is 4.45. The zero-order chi connectivity index (χ0) is 13.3. The summed E-state index contributed by atoms with van der Waals surface area (Å²) < 4.78 is 13.8. The van der Waals surface area contributed by atoms with E-state index in [9.17, 15) is 9.18 Å². The third-order valence-electron chi connectivity index (χ3n) is 3.15. The molecule has 3 nitrogen and oxygen atoms in total. The van der Waals surface area contributed by atoms with Gasteiger partial charge in [-0.3, -0.25) is 4.79 Å². The van der Waals surface area contributed by atoms with Crippen LogP contribution in [-0.2, 0) is 0 Å². The van der Waals surface area contributed by atoms with Gasteiger partial charge in [0.2, 0.25) is 0 Å². The Morgan fingerprint density at radius 3 is 2.83 bits per heavy atom. The van der Waals surface area contributed by atoms with Gasteiger partial charge in [0.05, 0.1) is 4.47 Å². The molecule has 2 unspecified atom stereocenters. The van der Waals surface area contributed by atoms with Crippen LogP contribution in [0.2, 0.25) is 0 Å². The summed E-state index contributed by atoms with van der Waals surface area (Å²) in [5.41, 5.74) is 6.28. The van der Waals surface area contributed by atoms with Gasteiger partial charge >= 0.3 is 0 Å². The van der Waals surface area contributed by atoms with Crippen molar-refractivity contribution in [2.45, 2.75) is 19.4 Å². The van der Waals surface area contributed by atoms with Crippen molar-refractivity contribution >= 4 is 21.8 Å². The van der Waals surface area contributed by atoms with Gasteiger partial charge < -0.3 is 10.6 Å². The summed E-state index contributed by atoms with van der Waals surface area (Å²) in [6.45, 7) is 3.30. The predicted octanol–water partition coefficient (Wildman–Crippen LogP) is 2.40. The number of nitrogens with zero attached hydrogens (tertiary/aromatic N) is 1. The van der Waals surface area contributed by atoms with Crippen LogP contribution in [0.4, 0.5) is 4.39 Å². The van der Waals surface area contributed by atoms with Crippen LogP contribution < -0.4 is 5.73 Å². The van der Waals surface area contributed by atoms with E-state index < -0.39 is 5.82 Å². The Morgan fingerprint density at radius 1 is 1.50 bits per heavy atom. The molecule has 0 spiro atoms. The van der Waals surface area contributed by atoms with Crippen LogP contribution >= 0.6 is 15.9 Å². The Balaban J connectivity index is 2.17. The largest absolute Gasteiger partial charge is 0.337 e. The molecule has 1 aliphatic heterocycles. The highest BCUT2D eigenvalue weighted by molar-refractivity contribution is 9.10. The van der Waals surface area contributed by atoms with E-state index in [4.69, 9.17) is 5.73 Å². The van der Waals surface area contributed by atoms with E-state index >= 15 is 0 Å². The summed E-state index contributed by atoms with van der Waals surface area (Å²) in [5.74, 6) is -0.184. The Labute approximate surface area is 114 Å². The molecule has 1 fully saturated rings. The van der Waals surface area contributed by atoms with E-state index in [-0.39, 0.29) is 11.9 Å². The minimum Gasteiger partial charge on any atom is -0.337 e. The van der Waals surface area contributed by atoms with E-state index in [0.717, 1.165) is 6.42 Å². The van der Waals surface area contributed by atoms with Crippen molar-refractivity contribution in [3.8, 4) is 0 Å². The molecule has 0 bridgehead atoms. The molecule has 2 atom stereocenters. The van der Waals surface area contributed by atoms with Crippen molar-refractivity contribution in [3.05, 3.63) is 34.1 Å². The SMILES string of the molecule is CC1CC(N)CN(C(=O)c2ccc(Br)c(F)c2)C1. The van der Waals surface area contributed by atoms with Crippen molar-refractivity contribution in [1.82, 2.24) is 4.90 Å². The Hall–Kier alpha value is -0.940. The van der Waals surface area contributed by atoms with E-state index in [2.05, 4.69) is 22.9 Å². The van der Waals surface area contributed by atoms with Gasteiger partial charge in [-0.05, 0) is 46.5 Å². The molecule has 0 aliphatic carbocycles. The number of amides is 1. The first-order valence-corrected chi connectivity index (χ1v) is 6.76. The molecule has 0 saturated carbocycles. The zero-order valence-corrected chi connectivity index (χ0v) is 11.8. The highest BCUT2D eigenvalue weighted by Crippen LogP contribution is 2.20. The molecule has 1 saturated heterocycles. The summed E-state index contributed by atoms with van der Waals surface area (Å²) in [5, 5.41) is 0. The molecular weight excluding hydrogens is 299 g/mol. The number of carbonyl (C=O) groups is 1. The number of rotatable bonds is 1. The van der Waals surface area contributed by atoms with E-state index in [0.29, 0.717) is 29.0 Å². The van der Waals surface area contributed by atoms with Crippen LogP contribution in [0.3, 0.4) is 0 Å². The maximum Gasteiger partial charge on any atom is 0.254 e. The summed E-state index contributed by atoms with van der Waals surface area (Å²) in [7, 11) is 0. The number of halogens is 2. The van der Waals surface area contributed by atoms with E-state index in [1.165, 1.54) is 6.07 Å². The lowest BCUT2D eigenvalue weighted by Crippen LogP contribution is -2.48. The number of benzene rings is 1. The number of carbonyl (C=O) groups excluding carboxylic acids is 1. The van der Waals surface area contributed by atoms with E-state index in [1.807, 2.05) is 0 Å². The molecule has 2 rings (SSSR count). The minimum atomic E-state index is -0.421. The lowest BCUT2D eigenvalue weighted by Gasteiger charge is -2.34. The Morgan fingerprint density at radius 2 is 2.22 bits per heavy atom. The number of hydrogen-bond donors (Lipinski definition) is 1. The van der Waals surface area contributed by atoms with Gasteiger partial charge in [-0.2, -0.15) is 0 Å². The first kappa shape index (κ1) is 13.5. The zero-order valence-electron chi connectivity index (χ0n) is 10.2. The smallest absolute Gasteiger partial charge is 0.254 e. The maximum absolute atomic E-state index is 13.4. The molecule has 1 amide bonds. The summed E-state index contributed by atoms with van der Waals surface area (Å²) in [6.07, 6.45) is 0.929. The highest BCUT2D eigenvalue weighted by Gasteiger charge is 2.26. The summed E-state index contributed by atoms with van der Waals surface area (Å²) >= 11 is 3.07. The van der Waals surface area contributed by atoms with Crippen molar-refractivity contribution in [2.24, 2.45) is 11.7 Å². The lowest BCUT2D eigenvalue weighted by molar-refractivity contribution is 0.0660. The van der Waals surface area contributed by atoms with E-state index in [1.54, 1.807) is 17.0 Å². The number of hydrogen-bond acceptors (Lipinski definition) is 2. The molecular formula is C13H16BrFN2O. The molecule has 98 valence electrons. The molecule has 0 aromatic heterocycles. The van der Waals surface area contributed by atoms with Gasteiger partial charge in [-0.15, -0.1) is 0 Å². The number of likely N-dealkylation sites (tertiary alicyclic amines) is 1. The summed E-state index contributed by atoms with van der Waals surface area (Å²) in [4.78, 5) is 14.0. The molecule has 18 heavy (non-hydrogen) atoms. The third-order valence-corrected chi connectivity index (χ3v) is 3.79. The van der Waals surface area contributed by atoms with Crippen LogP contribution in [0.15, 0.2) is 22.7 Å². The molecule has 5 heteroatoms. The molecule has 0 radical (unpaired) electrons. The molecule has 1 aromatic carbocycles. The van der Waals surface area contributed by atoms with Gasteiger partial charge in [0.25, 0.3) is 5.91 Å². The first-order chi connectivity index (χ1) is 8.47. The fourth-order valence-electron chi connectivity index (χ4n) is 2.38. The third kappa shape index (κ3) is 2.90. The lowest BCUT2D eigenvalue weighted by atomic mass is 9.96. The van der Waals surface area contributed by atoms with Gasteiger partial charge in [0, 0.05) is 24.7 Å². The van der Waals surface area contributed by atoms with Crippen LogP contribution in [-0.4, -0.2) is 29.9 Å². The standard InChI is InChI=1S/C13H16BrFN2O/c1-8-4-10(16)7-17(6-8)13(18)9-2-3-11(14)12(15)5-9/h2-3,5,8,10H,4,6-7,16H2,1H3. The molecule has 2 N–H and O–H groups in total. The van der Waals surface area contributed by atoms with Gasteiger partial charge in [-0.1, -0.05) is 6.92 Å². The Bertz CT molecular complexity index is 456. The molecule has 1 aliphatic rings. The predicted molar refractivity (Wildman–Crippen MR) is 71.8 cm³/mol. The second-order valence-electron chi connectivity index (χ2n) is 4.94. The van der Waals surface area contributed by atoms with Crippen molar-refractivity contribution in [1.29, 1.82) is 0 Å². The quantitative estimate of drug-likeness (QED) is 0.865. The molecule has 1 heterocycles. The van der Waals surface area contributed by atoms with Gasteiger partial charge in [0.1, 0.15) is 5.82 Å². The van der Waals surface area contributed by atoms with Gasteiger partial charge in [0.15, 0.2) is 0 Å². The number of piperidine rings is 1. The monoisotopic (exact) mass is 314 g/mol. The topological polar surface area (TPSA) is 46.3 Å². The van der Waals surface area contributed by atoms with Crippen molar-refractivity contribution in [2.75, 3.05) is 13.1 Å². The van der Waals surface area contributed by atoms with Crippen molar-refractivity contribution < 1.29 is 9.18 Å². The second kappa shape index (κ2) is 5.36. The van der Waals surface area contributed by atoms with Crippen LogP contribution in [0, 0.1) is 11.7 Å². The fourth-order valence-corrected chi connectivity index (χ4v) is 2.62. The van der Waals surface area contributed by atoms with Crippen LogP contribution in [0.25, 0.3) is 0 Å². The average molecular weight is 315 g/mol. The normalized spacial score (nSPS) is 24.1. The minimum absolute atomic E-state index is 0.0120. The maximum atomic E-state index is 13.4. The fraction of sp³-hybridized carbons (Fsp3) is 0.462. The highest BCUT2D eigenvalue weighted by atomic mass is 79.9. The first-order valence-electron chi connectivity index (χ1n) is 5.97. The van der Waals surface area contributed by atoms with Crippen LogP contribution in [0.5, 0.6) is 0 Å². The van der Waals surface area contributed by atoms with Gasteiger partial charge in [-0.25, -0.2) is 4.39 Å². The Kier molecular flexibility index (Phi) is 4.02. The average Bonchev–Trinajstić information content (AvgIpc) is 2.30. The second-order valence-corrected chi connectivity index (χ2v) is 5.79. The van der Waals surface area contributed by atoms with Crippen LogP contribution in [0.1, 0.15) is 23.7 Å². The molecule has 1 aromatic rings. The van der Waals surface area contributed by atoms with Crippen molar-refractivity contribution in [3.63, 3.8) is 0 Å². The number of nitrogens with two attached hydrogens (primary N) is 1.